The van der Waals surface area contributed by atoms with E-state index in [-0.39, 0.29) is 5.75 Å². The molecule has 0 saturated carbocycles. The molecule has 0 aliphatic carbocycles. The number of thiol groups is 1. The van der Waals surface area contributed by atoms with Gasteiger partial charge in [-0.3, -0.25) is 0 Å². The maximum absolute atomic E-state index is 12.5. The lowest BCUT2D eigenvalue weighted by molar-refractivity contribution is -0.357. The predicted molar refractivity (Wildman–Crippen MR) is 88.5 cm³/mol. The van der Waals surface area contributed by atoms with Crippen LogP contribution in [-0.2, 0) is 0 Å². The molecular formula is C17H15NO2S. The Bertz CT molecular complexity index is 738. The monoisotopic (exact) mass is 297 g/mol. The topological polar surface area (TPSA) is 46.3 Å². The molecule has 0 saturated heterocycles. The number of allylic oxidation sites excluding steroid dienone is 2. The molecular weight excluding hydrogens is 282 g/mol. The van der Waals surface area contributed by atoms with Crippen LogP contribution in [0.3, 0.4) is 0 Å². The van der Waals surface area contributed by atoms with Gasteiger partial charge >= 0.3 is 0 Å². The molecule has 0 aromatic heterocycles. The van der Waals surface area contributed by atoms with Crippen molar-refractivity contribution in [3.05, 3.63) is 82.3 Å². The number of phenols is 1. The molecule has 0 unspecified atom stereocenters. The molecule has 0 bridgehead atoms. The van der Waals surface area contributed by atoms with Crippen LogP contribution in [0.2, 0.25) is 0 Å². The van der Waals surface area contributed by atoms with Gasteiger partial charge in [0.1, 0.15) is 5.75 Å². The Morgan fingerprint density at radius 1 is 0.952 bits per heavy atom. The van der Waals surface area contributed by atoms with Crippen LogP contribution in [0.25, 0.3) is 0 Å². The van der Waals surface area contributed by atoms with Crippen LogP contribution in [0.1, 0.15) is 5.56 Å². The van der Waals surface area contributed by atoms with Crippen molar-refractivity contribution in [2.24, 2.45) is 0 Å². The van der Waals surface area contributed by atoms with Crippen molar-refractivity contribution in [1.82, 2.24) is 0 Å². The van der Waals surface area contributed by atoms with Crippen LogP contribution in [0.15, 0.2) is 76.4 Å². The zero-order valence-electron chi connectivity index (χ0n) is 11.3. The SMILES string of the molecule is [O-][N+](=Cc1ccccc1O)c1ccccc1[SH]1C=CC=C1. The van der Waals surface area contributed by atoms with E-state index in [4.69, 9.17) is 0 Å². The second-order valence-electron chi connectivity index (χ2n) is 4.59. The van der Waals surface area contributed by atoms with E-state index >= 15 is 0 Å². The summed E-state index contributed by atoms with van der Waals surface area (Å²) < 4.78 is 0.826. The quantitative estimate of drug-likeness (QED) is 0.295. The number of phenolic OH excluding ortho intramolecular Hbond substituents is 1. The van der Waals surface area contributed by atoms with E-state index in [1.165, 1.54) is 6.21 Å². The van der Waals surface area contributed by atoms with Crippen LogP contribution < -0.4 is 0 Å². The molecule has 2 aromatic rings. The maximum atomic E-state index is 12.5. The Morgan fingerprint density at radius 3 is 2.38 bits per heavy atom. The van der Waals surface area contributed by atoms with Gasteiger partial charge < -0.3 is 10.3 Å². The lowest BCUT2D eigenvalue weighted by atomic mass is 10.2. The summed E-state index contributed by atoms with van der Waals surface area (Å²) in [6.07, 6.45) is 5.42. The van der Waals surface area contributed by atoms with Gasteiger partial charge in [-0.1, -0.05) is 36.4 Å². The predicted octanol–water partition coefficient (Wildman–Crippen LogP) is 4.05. The highest BCUT2D eigenvalue weighted by Gasteiger charge is 2.14. The Balaban J connectivity index is 2.02. The minimum absolute atomic E-state index is 0.0993. The highest BCUT2D eigenvalue weighted by molar-refractivity contribution is 8.22. The molecule has 106 valence electrons. The first kappa shape index (κ1) is 13.5. The molecule has 3 nitrogen and oxygen atoms in total. The molecule has 21 heavy (non-hydrogen) atoms. The minimum atomic E-state index is -0.561. The third kappa shape index (κ3) is 2.85. The molecule has 1 aliphatic rings. The summed E-state index contributed by atoms with van der Waals surface area (Å²) in [6.45, 7) is 0. The molecule has 0 spiro atoms. The fourth-order valence-electron chi connectivity index (χ4n) is 2.16. The molecule has 3 rings (SSSR count). The van der Waals surface area contributed by atoms with Crippen molar-refractivity contribution < 1.29 is 9.85 Å². The molecule has 0 radical (unpaired) electrons. The number of hydrogen-bond acceptors (Lipinski definition) is 2. The van der Waals surface area contributed by atoms with Crippen molar-refractivity contribution >= 4 is 22.8 Å². The Kier molecular flexibility index (Phi) is 3.79. The van der Waals surface area contributed by atoms with Gasteiger partial charge in [-0.2, -0.15) is 15.6 Å². The van der Waals surface area contributed by atoms with Gasteiger partial charge in [0, 0.05) is 6.07 Å². The van der Waals surface area contributed by atoms with E-state index in [0.29, 0.717) is 11.3 Å². The Hall–Kier alpha value is -2.46. The Morgan fingerprint density at radius 2 is 1.62 bits per heavy atom. The summed E-state index contributed by atoms with van der Waals surface area (Å²) in [5, 5.41) is 26.5. The number of benzene rings is 2. The number of para-hydroxylation sites is 2. The summed E-state index contributed by atoms with van der Waals surface area (Å²) in [7, 11) is -0.561. The van der Waals surface area contributed by atoms with Crippen LogP contribution in [0.5, 0.6) is 5.75 Å². The zero-order chi connectivity index (χ0) is 14.7. The van der Waals surface area contributed by atoms with Crippen molar-refractivity contribution in [1.29, 1.82) is 0 Å². The summed E-state index contributed by atoms with van der Waals surface area (Å²) in [4.78, 5) is 1.01. The van der Waals surface area contributed by atoms with Gasteiger partial charge in [-0.05, 0) is 29.0 Å². The van der Waals surface area contributed by atoms with E-state index in [2.05, 4.69) is 10.8 Å². The van der Waals surface area contributed by atoms with E-state index in [9.17, 15) is 10.3 Å². The summed E-state index contributed by atoms with van der Waals surface area (Å²) >= 11 is 0. The van der Waals surface area contributed by atoms with Gasteiger partial charge in [0.25, 0.3) is 0 Å². The highest BCUT2D eigenvalue weighted by Crippen LogP contribution is 2.46. The fraction of sp³-hybridized carbons (Fsp3) is 0. The largest absolute Gasteiger partial charge is 0.618 e. The summed E-state index contributed by atoms with van der Waals surface area (Å²) in [6, 6.07) is 14.4. The van der Waals surface area contributed by atoms with E-state index in [0.717, 1.165) is 9.63 Å². The highest BCUT2D eigenvalue weighted by atomic mass is 32.2. The van der Waals surface area contributed by atoms with Crippen molar-refractivity contribution in [2.45, 2.75) is 4.90 Å². The van der Waals surface area contributed by atoms with E-state index in [1.54, 1.807) is 30.3 Å². The number of hydrogen-bond donors (Lipinski definition) is 2. The average Bonchev–Trinajstić information content (AvgIpc) is 3.04. The summed E-state index contributed by atoms with van der Waals surface area (Å²) in [5.41, 5.74) is 1.12. The van der Waals surface area contributed by atoms with Crippen molar-refractivity contribution in [2.75, 3.05) is 0 Å². The first-order valence-electron chi connectivity index (χ1n) is 6.57. The van der Waals surface area contributed by atoms with Gasteiger partial charge in [-0.15, -0.1) is 0 Å². The molecule has 0 amide bonds. The van der Waals surface area contributed by atoms with E-state index in [1.807, 2.05) is 30.4 Å². The molecule has 1 heterocycles. The first-order chi connectivity index (χ1) is 10.3. The average molecular weight is 297 g/mol. The maximum Gasteiger partial charge on any atom is 0.229 e. The lowest BCUT2D eigenvalue weighted by Gasteiger charge is -2.14. The van der Waals surface area contributed by atoms with Crippen LogP contribution >= 0.6 is 10.9 Å². The van der Waals surface area contributed by atoms with Crippen molar-refractivity contribution in [3.8, 4) is 5.75 Å². The molecule has 2 aromatic carbocycles. The molecule has 0 fully saturated rings. The molecule has 0 atom stereocenters. The smallest absolute Gasteiger partial charge is 0.229 e. The number of rotatable bonds is 3. The van der Waals surface area contributed by atoms with Gasteiger partial charge in [0.2, 0.25) is 5.69 Å². The summed E-state index contributed by atoms with van der Waals surface area (Å²) in [5.74, 6) is 0.0993. The van der Waals surface area contributed by atoms with Crippen molar-refractivity contribution in [3.63, 3.8) is 0 Å². The third-order valence-electron chi connectivity index (χ3n) is 3.19. The number of nitrogens with zero attached hydrogens (tertiary/aromatic N) is 1. The molecule has 1 N–H and O–H groups in total. The normalized spacial score (nSPS) is 15.6. The molecule has 1 aliphatic heterocycles. The van der Waals surface area contributed by atoms with Gasteiger partial charge in [0.05, 0.1) is 10.5 Å². The Labute approximate surface area is 126 Å². The van der Waals surface area contributed by atoms with E-state index < -0.39 is 10.9 Å². The zero-order valence-corrected chi connectivity index (χ0v) is 12.1. The molecule has 4 heteroatoms. The minimum Gasteiger partial charge on any atom is -0.618 e. The van der Waals surface area contributed by atoms with Gasteiger partial charge in [0.15, 0.2) is 6.21 Å². The standard InChI is InChI=1S/C17H15NO2S/c19-16-9-3-1-7-14(16)13-18(20)15-8-2-4-10-17(15)21-11-5-6-12-21/h1-13,19,21H. The third-order valence-corrected chi connectivity index (χ3v) is 5.12. The number of aromatic hydroxyl groups is 1. The second-order valence-corrected chi connectivity index (χ2v) is 6.49. The second kappa shape index (κ2) is 5.89. The lowest BCUT2D eigenvalue weighted by Crippen LogP contribution is -2.00. The van der Waals surface area contributed by atoms with Crippen LogP contribution in [-0.4, -0.2) is 16.1 Å². The first-order valence-corrected chi connectivity index (χ1v) is 8.05. The van der Waals surface area contributed by atoms with Gasteiger partial charge in [-0.25, -0.2) is 0 Å². The van der Waals surface area contributed by atoms with Crippen LogP contribution in [0, 0.1) is 5.21 Å². The fourth-order valence-corrected chi connectivity index (χ4v) is 3.84. The van der Waals surface area contributed by atoms with Crippen LogP contribution in [0.4, 0.5) is 5.69 Å².